The highest BCUT2D eigenvalue weighted by Gasteiger charge is 2.29. The van der Waals surface area contributed by atoms with Crippen molar-refractivity contribution < 1.29 is 9.90 Å². The van der Waals surface area contributed by atoms with Gasteiger partial charge in [-0.05, 0) is 25.0 Å². The van der Waals surface area contributed by atoms with E-state index < -0.39 is 5.60 Å². The van der Waals surface area contributed by atoms with Gasteiger partial charge in [-0.1, -0.05) is 43.5 Å². The summed E-state index contributed by atoms with van der Waals surface area (Å²) >= 11 is 0. The van der Waals surface area contributed by atoms with Gasteiger partial charge in [0.25, 0.3) is 5.91 Å². The first-order valence-electron chi connectivity index (χ1n) is 7.53. The van der Waals surface area contributed by atoms with Gasteiger partial charge in [0.1, 0.15) is 5.69 Å². The van der Waals surface area contributed by atoms with Crippen LogP contribution in [0.15, 0.2) is 36.4 Å². The standard InChI is InChI=1S/C17H20N2O2/c20-16(18-12-17(21)10-4-1-5-11-17)15-9-8-13-6-2-3-7-14(13)19-15/h2-3,6-9,21H,1,4-5,10-12H2,(H,18,20). The number of carbonyl (C=O) groups is 1. The molecule has 1 aliphatic rings. The minimum Gasteiger partial charge on any atom is -0.388 e. The molecule has 1 aliphatic carbocycles. The molecule has 1 aromatic heterocycles. The molecular formula is C17H20N2O2. The van der Waals surface area contributed by atoms with Crippen molar-refractivity contribution in [2.75, 3.05) is 6.54 Å². The maximum Gasteiger partial charge on any atom is 0.270 e. The number of hydrogen-bond acceptors (Lipinski definition) is 3. The first-order valence-corrected chi connectivity index (χ1v) is 7.53. The fourth-order valence-electron chi connectivity index (χ4n) is 2.91. The smallest absolute Gasteiger partial charge is 0.270 e. The first kappa shape index (κ1) is 14.0. The maximum atomic E-state index is 12.2. The fourth-order valence-corrected chi connectivity index (χ4v) is 2.91. The van der Waals surface area contributed by atoms with Gasteiger partial charge < -0.3 is 10.4 Å². The van der Waals surface area contributed by atoms with E-state index in [-0.39, 0.29) is 5.91 Å². The number of carbonyl (C=O) groups excluding carboxylic acids is 1. The predicted octanol–water partition coefficient (Wildman–Crippen LogP) is 2.66. The van der Waals surface area contributed by atoms with Crippen LogP contribution in [0.3, 0.4) is 0 Å². The van der Waals surface area contributed by atoms with Crippen molar-refractivity contribution in [1.82, 2.24) is 10.3 Å². The van der Waals surface area contributed by atoms with Crippen LogP contribution in [-0.2, 0) is 0 Å². The number of nitrogens with zero attached hydrogens (tertiary/aromatic N) is 1. The summed E-state index contributed by atoms with van der Waals surface area (Å²) in [7, 11) is 0. The van der Waals surface area contributed by atoms with Gasteiger partial charge in [-0.2, -0.15) is 0 Å². The summed E-state index contributed by atoms with van der Waals surface area (Å²) in [6.45, 7) is 0.306. The summed E-state index contributed by atoms with van der Waals surface area (Å²) in [5.41, 5.74) is 0.458. The molecule has 4 heteroatoms. The molecular weight excluding hydrogens is 264 g/mol. The minimum atomic E-state index is -0.745. The van der Waals surface area contributed by atoms with Crippen LogP contribution in [0.4, 0.5) is 0 Å². The highest BCUT2D eigenvalue weighted by atomic mass is 16.3. The number of pyridine rings is 1. The molecule has 1 fully saturated rings. The molecule has 0 unspecified atom stereocenters. The highest BCUT2D eigenvalue weighted by molar-refractivity contribution is 5.94. The molecule has 0 atom stereocenters. The molecule has 110 valence electrons. The SMILES string of the molecule is O=C(NCC1(O)CCCCC1)c1ccc2ccccc2n1. The largest absolute Gasteiger partial charge is 0.388 e. The number of aromatic nitrogens is 1. The summed E-state index contributed by atoms with van der Waals surface area (Å²) in [4.78, 5) is 16.6. The van der Waals surface area contributed by atoms with Crippen LogP contribution in [0.1, 0.15) is 42.6 Å². The molecule has 0 radical (unpaired) electrons. The van der Waals surface area contributed by atoms with Gasteiger partial charge >= 0.3 is 0 Å². The molecule has 3 rings (SSSR count). The van der Waals surface area contributed by atoms with E-state index in [0.29, 0.717) is 12.2 Å². The number of hydrogen-bond donors (Lipinski definition) is 2. The maximum absolute atomic E-state index is 12.2. The molecule has 0 aliphatic heterocycles. The van der Waals surface area contributed by atoms with Gasteiger partial charge in [-0.25, -0.2) is 4.98 Å². The number of nitrogens with one attached hydrogen (secondary N) is 1. The van der Waals surface area contributed by atoms with Crippen molar-refractivity contribution in [2.45, 2.75) is 37.7 Å². The molecule has 0 spiro atoms. The number of benzene rings is 1. The molecule has 1 heterocycles. The minimum absolute atomic E-state index is 0.222. The summed E-state index contributed by atoms with van der Waals surface area (Å²) in [5.74, 6) is -0.222. The second kappa shape index (κ2) is 5.82. The second-order valence-electron chi connectivity index (χ2n) is 5.86. The Morgan fingerprint density at radius 2 is 1.90 bits per heavy atom. The predicted molar refractivity (Wildman–Crippen MR) is 82.1 cm³/mol. The molecule has 21 heavy (non-hydrogen) atoms. The van der Waals surface area contributed by atoms with Gasteiger partial charge in [-0.15, -0.1) is 0 Å². The van der Waals surface area contributed by atoms with E-state index in [1.54, 1.807) is 6.07 Å². The topological polar surface area (TPSA) is 62.2 Å². The molecule has 0 bridgehead atoms. The zero-order valence-corrected chi connectivity index (χ0v) is 12.0. The second-order valence-corrected chi connectivity index (χ2v) is 5.86. The number of amides is 1. The summed E-state index contributed by atoms with van der Waals surface area (Å²) in [5, 5.41) is 14.2. The van der Waals surface area contributed by atoms with Crippen molar-refractivity contribution >= 4 is 16.8 Å². The Hall–Kier alpha value is -1.94. The van der Waals surface area contributed by atoms with Crippen molar-refractivity contribution in [1.29, 1.82) is 0 Å². The van der Waals surface area contributed by atoms with Gasteiger partial charge in [0.05, 0.1) is 11.1 Å². The Bertz CT molecular complexity index is 648. The van der Waals surface area contributed by atoms with Crippen molar-refractivity contribution in [2.24, 2.45) is 0 Å². The summed E-state index contributed by atoms with van der Waals surface area (Å²) in [6, 6.07) is 11.3. The molecule has 0 saturated heterocycles. The van der Waals surface area contributed by atoms with Crippen molar-refractivity contribution in [3.05, 3.63) is 42.1 Å². The summed E-state index contributed by atoms with van der Waals surface area (Å²) < 4.78 is 0. The number of fused-ring (bicyclic) bond motifs is 1. The third-order valence-corrected chi connectivity index (χ3v) is 4.19. The number of para-hydroxylation sites is 1. The third kappa shape index (κ3) is 3.22. The first-order chi connectivity index (χ1) is 10.2. The Morgan fingerprint density at radius 1 is 1.14 bits per heavy atom. The number of rotatable bonds is 3. The van der Waals surface area contributed by atoms with Crippen LogP contribution in [-0.4, -0.2) is 28.1 Å². The van der Waals surface area contributed by atoms with E-state index in [9.17, 15) is 9.90 Å². The van der Waals surface area contributed by atoms with E-state index in [0.717, 1.165) is 36.6 Å². The Labute approximate surface area is 124 Å². The third-order valence-electron chi connectivity index (χ3n) is 4.19. The van der Waals surface area contributed by atoms with Gasteiger partial charge in [0.15, 0.2) is 0 Å². The summed E-state index contributed by atoms with van der Waals surface area (Å²) in [6.07, 6.45) is 4.75. The lowest BCUT2D eigenvalue weighted by atomic mass is 9.85. The lowest BCUT2D eigenvalue weighted by Gasteiger charge is -2.32. The normalized spacial score (nSPS) is 17.6. The fraction of sp³-hybridized carbons (Fsp3) is 0.412. The van der Waals surface area contributed by atoms with Crippen LogP contribution < -0.4 is 5.32 Å². The van der Waals surface area contributed by atoms with Crippen molar-refractivity contribution in [3.63, 3.8) is 0 Å². The number of aliphatic hydroxyl groups is 1. The zero-order valence-electron chi connectivity index (χ0n) is 12.0. The molecule has 1 amide bonds. The van der Waals surface area contributed by atoms with Crippen molar-refractivity contribution in [3.8, 4) is 0 Å². The molecule has 1 saturated carbocycles. The highest BCUT2D eigenvalue weighted by Crippen LogP contribution is 2.27. The van der Waals surface area contributed by atoms with E-state index in [4.69, 9.17) is 0 Å². The molecule has 2 N–H and O–H groups in total. The van der Waals surface area contributed by atoms with Crippen LogP contribution in [0.2, 0.25) is 0 Å². The lowest BCUT2D eigenvalue weighted by Crippen LogP contribution is -2.44. The van der Waals surface area contributed by atoms with Gasteiger partial charge in [0.2, 0.25) is 0 Å². The van der Waals surface area contributed by atoms with E-state index >= 15 is 0 Å². The monoisotopic (exact) mass is 284 g/mol. The quantitative estimate of drug-likeness (QED) is 0.911. The van der Waals surface area contributed by atoms with Crippen LogP contribution in [0.25, 0.3) is 10.9 Å². The van der Waals surface area contributed by atoms with E-state index in [1.807, 2.05) is 30.3 Å². The van der Waals surface area contributed by atoms with Crippen LogP contribution in [0, 0.1) is 0 Å². The molecule has 1 aromatic carbocycles. The van der Waals surface area contributed by atoms with Crippen LogP contribution >= 0.6 is 0 Å². The van der Waals surface area contributed by atoms with Gasteiger partial charge in [0, 0.05) is 11.9 Å². The molecule has 2 aromatic rings. The van der Waals surface area contributed by atoms with E-state index in [2.05, 4.69) is 10.3 Å². The zero-order chi connectivity index (χ0) is 14.7. The van der Waals surface area contributed by atoms with E-state index in [1.165, 1.54) is 6.42 Å². The average molecular weight is 284 g/mol. The average Bonchev–Trinajstić information content (AvgIpc) is 2.53. The lowest BCUT2D eigenvalue weighted by molar-refractivity contribution is 0.00521. The Morgan fingerprint density at radius 3 is 2.71 bits per heavy atom. The Balaban J connectivity index is 1.69. The van der Waals surface area contributed by atoms with Crippen LogP contribution in [0.5, 0.6) is 0 Å². The molecule has 4 nitrogen and oxygen atoms in total. The van der Waals surface area contributed by atoms with Gasteiger partial charge in [-0.3, -0.25) is 4.79 Å². The Kier molecular flexibility index (Phi) is 3.88.